The van der Waals surface area contributed by atoms with Gasteiger partial charge in [-0.1, -0.05) is 56.2 Å². The molecule has 7 rings (SSSR count). The Bertz CT molecular complexity index is 2110. The lowest BCUT2D eigenvalue weighted by molar-refractivity contribution is -0.110. The number of anilines is 1. The summed E-state index contributed by atoms with van der Waals surface area (Å²) in [6.45, 7) is 14.4. The van der Waals surface area contributed by atoms with Crippen LogP contribution >= 0.6 is 0 Å². The lowest BCUT2D eigenvalue weighted by Gasteiger charge is -2.41. The van der Waals surface area contributed by atoms with Crippen LogP contribution in [0.2, 0.25) is 0 Å². The maximum Gasteiger partial charge on any atom is 0.207 e. The maximum atomic E-state index is 10.9. The summed E-state index contributed by atoms with van der Waals surface area (Å²) in [5, 5.41) is 16.7. The zero-order valence-corrected chi connectivity index (χ0v) is 38.7. The van der Waals surface area contributed by atoms with Gasteiger partial charge in [0.15, 0.2) is 0 Å². The van der Waals surface area contributed by atoms with E-state index in [1.165, 1.54) is 69.4 Å². The number of para-hydroxylation sites is 1. The molecule has 4 aromatic rings. The van der Waals surface area contributed by atoms with Crippen LogP contribution in [-0.4, -0.2) is 121 Å². The quantitative estimate of drug-likeness (QED) is 0.0536. The monoisotopic (exact) mass is 881 g/mol. The number of aryl methyl sites for hydroxylation is 2. The number of morpholine rings is 1. The van der Waals surface area contributed by atoms with Crippen molar-refractivity contribution in [2.75, 3.05) is 71.8 Å². The number of rotatable bonds is 14. The number of aromatic hydroxyl groups is 1. The van der Waals surface area contributed by atoms with Gasteiger partial charge in [0.05, 0.1) is 24.2 Å². The van der Waals surface area contributed by atoms with Crippen LogP contribution in [0.3, 0.4) is 0 Å². The number of benzene rings is 2. The number of nitrogens with one attached hydrogen (secondary N) is 2. The van der Waals surface area contributed by atoms with E-state index in [-0.39, 0.29) is 23.7 Å². The molecule has 0 bridgehead atoms. The summed E-state index contributed by atoms with van der Waals surface area (Å²) in [7, 11) is 6.15. The molecule has 1 saturated carbocycles. The Labute approximate surface area is 379 Å². The molecule has 3 aliphatic rings. The SMILES string of the molecule is CC1COC(c2ccc(C=O)cc2)CN1C(/C=C(\N)c1ccccc1O)=C(N)N.CCCC1CC(CN2CCN(C)CC2)C1.CNc1cnc2c(c1)c(C)cn2C.O=CCCNC=O. The molecule has 15 heteroatoms. The predicted molar refractivity (Wildman–Crippen MR) is 257 cm³/mol. The molecule has 348 valence electrons. The van der Waals surface area contributed by atoms with E-state index in [1.54, 1.807) is 42.5 Å². The maximum absolute atomic E-state index is 10.9. The second-order valence-electron chi connectivity index (χ2n) is 17.0. The van der Waals surface area contributed by atoms with Crippen LogP contribution in [-0.2, 0) is 21.4 Å². The van der Waals surface area contributed by atoms with E-state index < -0.39 is 0 Å². The van der Waals surface area contributed by atoms with Gasteiger partial charge < -0.3 is 61.7 Å². The van der Waals surface area contributed by atoms with E-state index in [0.717, 1.165) is 41.3 Å². The minimum absolute atomic E-state index is 0.0195. The van der Waals surface area contributed by atoms with E-state index in [9.17, 15) is 19.5 Å². The number of nitrogens with zero attached hydrogens (tertiary/aromatic N) is 5. The van der Waals surface area contributed by atoms with Gasteiger partial charge in [-0.2, -0.15) is 0 Å². The third-order valence-electron chi connectivity index (χ3n) is 11.9. The number of carbonyl (C=O) groups excluding carboxylic acids is 3. The number of phenolic OH excluding ortho intramolecular Hbond substituents is 1. The molecule has 64 heavy (non-hydrogen) atoms. The van der Waals surface area contributed by atoms with Crippen molar-refractivity contribution >= 4 is 41.4 Å². The highest BCUT2D eigenvalue weighted by atomic mass is 16.5. The summed E-state index contributed by atoms with van der Waals surface area (Å²) in [5.74, 6) is 2.32. The van der Waals surface area contributed by atoms with Crippen molar-refractivity contribution in [1.82, 2.24) is 29.6 Å². The molecule has 3 fully saturated rings. The fourth-order valence-corrected chi connectivity index (χ4v) is 8.21. The summed E-state index contributed by atoms with van der Waals surface area (Å²) < 4.78 is 8.04. The number of ether oxygens (including phenoxy) is 1. The molecule has 0 radical (unpaired) electrons. The Balaban J connectivity index is 0.000000213. The third kappa shape index (κ3) is 15.1. The van der Waals surface area contributed by atoms with Crippen molar-refractivity contribution in [3.8, 4) is 5.75 Å². The first-order valence-electron chi connectivity index (χ1n) is 22.4. The number of nitrogens with two attached hydrogens (primary N) is 3. The number of hydrogen-bond donors (Lipinski definition) is 6. The van der Waals surface area contributed by atoms with Gasteiger partial charge in [-0.25, -0.2) is 4.98 Å². The number of aldehydes is 2. The molecule has 0 spiro atoms. The number of carbonyl (C=O) groups is 3. The first-order valence-corrected chi connectivity index (χ1v) is 22.4. The van der Waals surface area contributed by atoms with Gasteiger partial charge in [0.2, 0.25) is 6.41 Å². The van der Waals surface area contributed by atoms with Crippen molar-refractivity contribution in [2.24, 2.45) is 36.1 Å². The van der Waals surface area contributed by atoms with Gasteiger partial charge in [0, 0.05) is 101 Å². The Kier molecular flexibility index (Phi) is 20.6. The Hall–Kier alpha value is -5.90. The summed E-state index contributed by atoms with van der Waals surface area (Å²) >= 11 is 0. The molecular formula is C49H72N10O5. The summed E-state index contributed by atoms with van der Waals surface area (Å²) in [6, 6.07) is 16.2. The fraction of sp³-hybridized carbons (Fsp3) is 0.469. The highest BCUT2D eigenvalue weighted by molar-refractivity contribution is 5.83. The van der Waals surface area contributed by atoms with E-state index in [0.29, 0.717) is 55.0 Å². The molecule has 2 atom stereocenters. The minimum Gasteiger partial charge on any atom is -0.507 e. The zero-order chi connectivity index (χ0) is 46.6. The largest absolute Gasteiger partial charge is 0.507 e. The number of pyridine rings is 1. The number of allylic oxidation sites excluding steroid dienone is 1. The topological polar surface area (TPSA) is 210 Å². The van der Waals surface area contributed by atoms with Gasteiger partial charge in [-0.3, -0.25) is 9.59 Å². The Morgan fingerprint density at radius 1 is 0.984 bits per heavy atom. The van der Waals surface area contributed by atoms with Crippen LogP contribution in [0.25, 0.3) is 16.7 Å². The second kappa shape index (κ2) is 26.0. The highest BCUT2D eigenvalue weighted by Gasteiger charge is 2.31. The van der Waals surface area contributed by atoms with Crippen LogP contribution in [0.4, 0.5) is 5.69 Å². The summed E-state index contributed by atoms with van der Waals surface area (Å²) in [6.07, 6.45) is 13.8. The van der Waals surface area contributed by atoms with Crippen molar-refractivity contribution in [3.63, 3.8) is 0 Å². The van der Waals surface area contributed by atoms with E-state index >= 15 is 0 Å². The van der Waals surface area contributed by atoms with Crippen molar-refractivity contribution < 1.29 is 24.2 Å². The Morgan fingerprint density at radius 3 is 2.30 bits per heavy atom. The second-order valence-corrected chi connectivity index (χ2v) is 17.0. The van der Waals surface area contributed by atoms with E-state index in [2.05, 4.69) is 58.6 Å². The van der Waals surface area contributed by atoms with Crippen molar-refractivity contribution in [1.29, 1.82) is 0 Å². The number of piperazine rings is 1. The molecule has 9 N–H and O–H groups in total. The third-order valence-corrected chi connectivity index (χ3v) is 11.9. The summed E-state index contributed by atoms with van der Waals surface area (Å²) in [5.41, 5.74) is 24.6. The van der Waals surface area contributed by atoms with Crippen LogP contribution in [0.1, 0.15) is 79.1 Å². The number of amides is 1. The van der Waals surface area contributed by atoms with Gasteiger partial charge in [0.1, 0.15) is 35.9 Å². The normalized spacial score (nSPS) is 19.8. The first-order chi connectivity index (χ1) is 30.8. The molecule has 15 nitrogen and oxygen atoms in total. The molecule has 2 saturated heterocycles. The average Bonchev–Trinajstić information content (AvgIpc) is 3.58. The smallest absolute Gasteiger partial charge is 0.207 e. The van der Waals surface area contributed by atoms with Crippen LogP contribution < -0.4 is 27.8 Å². The van der Waals surface area contributed by atoms with Crippen LogP contribution in [0.15, 0.2) is 84.6 Å². The van der Waals surface area contributed by atoms with E-state index in [4.69, 9.17) is 21.9 Å². The lowest BCUT2D eigenvalue weighted by atomic mass is 9.72. The molecule has 1 amide bonds. The lowest BCUT2D eigenvalue weighted by Crippen LogP contribution is -2.47. The first kappa shape index (κ1) is 50.7. The number of phenols is 1. The van der Waals surface area contributed by atoms with Gasteiger partial charge in [0.25, 0.3) is 0 Å². The molecule has 2 aliphatic heterocycles. The Morgan fingerprint density at radius 2 is 1.69 bits per heavy atom. The van der Waals surface area contributed by atoms with Crippen LogP contribution in [0.5, 0.6) is 5.75 Å². The summed E-state index contributed by atoms with van der Waals surface area (Å²) in [4.78, 5) is 41.4. The number of aromatic nitrogens is 2. The molecule has 2 aromatic heterocycles. The number of likely N-dealkylation sites (N-methyl/N-ethyl adjacent to an activating group) is 1. The average molecular weight is 881 g/mol. The van der Waals surface area contributed by atoms with Crippen molar-refractivity contribution in [3.05, 3.63) is 107 Å². The fourth-order valence-electron chi connectivity index (χ4n) is 8.21. The van der Waals surface area contributed by atoms with Crippen LogP contribution in [0, 0.1) is 18.8 Å². The molecule has 1 aliphatic carbocycles. The number of hydrogen-bond acceptors (Lipinski definition) is 13. The molecular weight excluding hydrogens is 809 g/mol. The van der Waals surface area contributed by atoms with E-state index in [1.807, 2.05) is 48.8 Å². The highest BCUT2D eigenvalue weighted by Crippen LogP contribution is 2.37. The zero-order valence-electron chi connectivity index (χ0n) is 38.7. The molecule has 2 aromatic carbocycles. The molecule has 2 unspecified atom stereocenters. The van der Waals surface area contributed by atoms with Gasteiger partial charge >= 0.3 is 0 Å². The molecule has 4 heterocycles. The predicted octanol–water partition coefficient (Wildman–Crippen LogP) is 5.36. The van der Waals surface area contributed by atoms with Gasteiger partial charge in [-0.15, -0.1) is 0 Å². The number of fused-ring (bicyclic) bond motifs is 1. The standard InChI is InChI=1S/C22H26N4O3.C13H26N2.C10H13N3.C4H7NO2/c1-14-13-29-21(16-8-6-15(12-27)7-9-16)11-26(14)19(22(24)25)10-18(23)17-4-2-3-5-20(17)28;1-3-4-12-9-13(10-12)11-15-7-5-14(2)6-8-15;1-7-6-13(3)10-9(7)4-8(11-2)5-12-10;6-3-1-2-5-4-7/h2-10,12,14,21,28H,11,13,23-25H2,1H3;12-13H,3-11H2,1-2H3;4-6,11H,1-3H3;3-4H,1-2H2,(H,5,7)/b18-10-;;;. The van der Waals surface area contributed by atoms with Crippen molar-refractivity contribution in [2.45, 2.75) is 65.0 Å². The van der Waals surface area contributed by atoms with Gasteiger partial charge in [-0.05, 0) is 81.0 Å². The minimum atomic E-state index is -0.207.